The quantitative estimate of drug-likeness (QED) is 0.244. The molecule has 1 heterocycles. The minimum Gasteiger partial charge on any atom is -1.00 e. The Morgan fingerprint density at radius 1 is 1.08 bits per heavy atom. The van der Waals surface area contributed by atoms with Crippen LogP contribution in [0.25, 0.3) is 0 Å². The Morgan fingerprint density at radius 2 is 1.76 bits per heavy atom. The van der Waals surface area contributed by atoms with Crippen molar-refractivity contribution in [1.82, 2.24) is 4.57 Å². The number of hydrogen-bond acceptors (Lipinski definition) is 3. The molecule has 1 aromatic heterocycles. The molecule has 0 saturated heterocycles. The van der Waals surface area contributed by atoms with E-state index in [-0.39, 0.29) is 35.0 Å². The number of benzene rings is 2. The molecule has 0 spiro atoms. The number of rotatable bonds is 6. The molecule has 6 nitrogen and oxygen atoms in total. The molecule has 0 unspecified atom stereocenters. The molecule has 7 heteroatoms. The summed E-state index contributed by atoms with van der Waals surface area (Å²) in [7, 11) is 0. The Morgan fingerprint density at radius 3 is 2.40 bits per heavy atom. The third-order valence-electron chi connectivity index (χ3n) is 3.68. The number of imidazole rings is 1. The molecule has 0 aliphatic heterocycles. The van der Waals surface area contributed by atoms with Gasteiger partial charge in [0.1, 0.15) is 18.9 Å². The minimum absolute atomic E-state index is 0. The second-order valence-electron chi connectivity index (χ2n) is 5.47. The van der Waals surface area contributed by atoms with Crippen molar-refractivity contribution >= 4 is 11.5 Å². The van der Waals surface area contributed by atoms with E-state index < -0.39 is 4.92 Å². The molecule has 128 valence electrons. The lowest BCUT2D eigenvalue weighted by atomic mass is 10.1. The third-order valence-corrected chi connectivity index (χ3v) is 3.68. The van der Waals surface area contributed by atoms with E-state index in [1.165, 1.54) is 29.8 Å². The molecule has 25 heavy (non-hydrogen) atoms. The molecule has 3 rings (SSSR count). The van der Waals surface area contributed by atoms with E-state index in [4.69, 9.17) is 0 Å². The van der Waals surface area contributed by atoms with Crippen LogP contribution in [0, 0.1) is 10.1 Å². The smallest absolute Gasteiger partial charge is 0.269 e. The van der Waals surface area contributed by atoms with Gasteiger partial charge in [0, 0.05) is 17.7 Å². The Balaban J connectivity index is 0.00000225. The van der Waals surface area contributed by atoms with Crippen molar-refractivity contribution < 1.29 is 31.3 Å². The SMILES string of the molecule is O=C(Cn1cc[n+](Cc2ccccc2)c1)c1ccc([N+](=O)[O-])cc1.[Br-]. The van der Waals surface area contributed by atoms with Crippen molar-refractivity contribution in [3.8, 4) is 0 Å². The second-order valence-corrected chi connectivity index (χ2v) is 5.47. The highest BCUT2D eigenvalue weighted by Crippen LogP contribution is 2.12. The van der Waals surface area contributed by atoms with E-state index in [1.807, 2.05) is 53.6 Å². The van der Waals surface area contributed by atoms with Gasteiger partial charge in [-0.25, -0.2) is 9.13 Å². The molecule has 0 N–H and O–H groups in total. The molecular weight excluding hydrogens is 386 g/mol. The molecule has 0 aliphatic rings. The van der Waals surface area contributed by atoms with Crippen LogP contribution in [-0.2, 0) is 13.1 Å². The maximum absolute atomic E-state index is 12.3. The first kappa shape index (κ1) is 18.5. The number of non-ortho nitro benzene ring substituents is 1. The fourth-order valence-corrected chi connectivity index (χ4v) is 2.45. The predicted octanol–water partition coefficient (Wildman–Crippen LogP) is -0.381. The average Bonchev–Trinajstić information content (AvgIpc) is 3.02. The van der Waals surface area contributed by atoms with Crippen LogP contribution in [0.2, 0.25) is 0 Å². The van der Waals surface area contributed by atoms with Crippen molar-refractivity contribution in [2.45, 2.75) is 13.1 Å². The van der Waals surface area contributed by atoms with Gasteiger partial charge in [0.25, 0.3) is 5.69 Å². The number of carbonyl (C=O) groups is 1. The van der Waals surface area contributed by atoms with Crippen LogP contribution in [0.15, 0.2) is 73.3 Å². The zero-order valence-electron chi connectivity index (χ0n) is 13.3. The van der Waals surface area contributed by atoms with Gasteiger partial charge in [-0.1, -0.05) is 30.3 Å². The topological polar surface area (TPSA) is 69.0 Å². The number of nitro benzene ring substituents is 1. The van der Waals surface area contributed by atoms with Crippen molar-refractivity contribution in [3.05, 3.63) is 94.6 Å². The van der Waals surface area contributed by atoms with Crippen molar-refractivity contribution in [1.29, 1.82) is 0 Å². The fraction of sp³-hybridized carbons (Fsp3) is 0.111. The van der Waals surface area contributed by atoms with Crippen LogP contribution in [-0.4, -0.2) is 15.3 Å². The number of nitro groups is 1. The summed E-state index contributed by atoms with van der Waals surface area (Å²) in [6.07, 6.45) is 5.62. The van der Waals surface area contributed by atoms with E-state index in [0.717, 1.165) is 6.54 Å². The molecule has 0 fully saturated rings. The molecule has 0 radical (unpaired) electrons. The highest BCUT2D eigenvalue weighted by molar-refractivity contribution is 5.96. The summed E-state index contributed by atoms with van der Waals surface area (Å²) in [6.45, 7) is 0.930. The van der Waals surface area contributed by atoms with Gasteiger partial charge in [-0.05, 0) is 17.7 Å². The van der Waals surface area contributed by atoms with E-state index in [9.17, 15) is 14.9 Å². The third kappa shape index (κ3) is 4.84. The van der Waals surface area contributed by atoms with Gasteiger partial charge in [0.05, 0.1) is 4.92 Å². The first-order valence-electron chi connectivity index (χ1n) is 7.48. The molecule has 0 bridgehead atoms. The van der Waals surface area contributed by atoms with Gasteiger partial charge in [-0.15, -0.1) is 0 Å². The van der Waals surface area contributed by atoms with Crippen LogP contribution >= 0.6 is 0 Å². The zero-order valence-corrected chi connectivity index (χ0v) is 14.9. The van der Waals surface area contributed by atoms with E-state index in [0.29, 0.717) is 5.56 Å². The van der Waals surface area contributed by atoms with E-state index in [1.54, 1.807) is 4.57 Å². The Kier molecular flexibility index (Phi) is 6.19. The second kappa shape index (κ2) is 8.34. The van der Waals surface area contributed by atoms with Gasteiger partial charge in [-0.2, -0.15) is 0 Å². The number of nitrogens with zero attached hydrogens (tertiary/aromatic N) is 3. The molecule has 0 aliphatic carbocycles. The van der Waals surface area contributed by atoms with Gasteiger partial charge < -0.3 is 17.0 Å². The summed E-state index contributed by atoms with van der Waals surface area (Å²) in [5.74, 6) is -0.0904. The Labute approximate surface area is 155 Å². The number of Topliss-reactive ketones (excluding diaryl/α,β-unsaturated/α-hetero) is 1. The largest absolute Gasteiger partial charge is 1.00 e. The first-order chi connectivity index (χ1) is 11.6. The Bertz CT molecular complexity index is 861. The van der Waals surface area contributed by atoms with Crippen molar-refractivity contribution in [2.24, 2.45) is 0 Å². The normalized spacial score (nSPS) is 10.1. The maximum Gasteiger partial charge on any atom is 0.269 e. The van der Waals surface area contributed by atoms with E-state index in [2.05, 4.69) is 0 Å². The zero-order chi connectivity index (χ0) is 16.9. The number of halogens is 1. The summed E-state index contributed by atoms with van der Waals surface area (Å²) in [5.41, 5.74) is 1.62. The minimum atomic E-state index is -0.479. The summed E-state index contributed by atoms with van der Waals surface area (Å²) in [4.78, 5) is 22.4. The number of carbonyl (C=O) groups excluding carboxylic acids is 1. The number of hydrogen-bond donors (Lipinski definition) is 0. The molecular formula is C18H16BrN3O3. The fourth-order valence-electron chi connectivity index (χ4n) is 2.45. The molecule has 3 aromatic rings. The summed E-state index contributed by atoms with van der Waals surface area (Å²) in [6, 6.07) is 15.7. The standard InChI is InChI=1S/C18H16N3O3.BrH/c22-18(16-6-8-17(9-7-16)21(23)24)13-20-11-10-19(14-20)12-15-4-2-1-3-5-15;/h1-11,14H,12-13H2;1H/q+1;/p-1. The van der Waals surface area contributed by atoms with Crippen LogP contribution in [0.4, 0.5) is 5.69 Å². The lowest BCUT2D eigenvalue weighted by Gasteiger charge is -1.99. The van der Waals surface area contributed by atoms with Crippen LogP contribution in [0.3, 0.4) is 0 Å². The van der Waals surface area contributed by atoms with Gasteiger partial charge in [0.15, 0.2) is 6.54 Å². The van der Waals surface area contributed by atoms with Crippen LogP contribution < -0.4 is 21.5 Å². The lowest BCUT2D eigenvalue weighted by Crippen LogP contribution is -3.00. The highest BCUT2D eigenvalue weighted by Gasteiger charge is 2.13. The summed E-state index contributed by atoms with van der Waals surface area (Å²) >= 11 is 0. The van der Waals surface area contributed by atoms with Crippen LogP contribution in [0.1, 0.15) is 15.9 Å². The monoisotopic (exact) mass is 401 g/mol. The lowest BCUT2D eigenvalue weighted by molar-refractivity contribution is -0.687. The van der Waals surface area contributed by atoms with Crippen LogP contribution in [0.5, 0.6) is 0 Å². The highest BCUT2D eigenvalue weighted by atomic mass is 79.9. The van der Waals surface area contributed by atoms with Crippen molar-refractivity contribution in [3.63, 3.8) is 0 Å². The summed E-state index contributed by atoms with van der Waals surface area (Å²) < 4.78 is 3.80. The molecule has 0 saturated carbocycles. The first-order valence-corrected chi connectivity index (χ1v) is 7.48. The van der Waals surface area contributed by atoms with Gasteiger partial charge in [-0.3, -0.25) is 14.9 Å². The summed E-state index contributed by atoms with van der Waals surface area (Å²) in [5, 5.41) is 10.6. The van der Waals surface area contributed by atoms with Crippen molar-refractivity contribution in [2.75, 3.05) is 0 Å². The molecule has 0 amide bonds. The van der Waals surface area contributed by atoms with Gasteiger partial charge >= 0.3 is 0 Å². The predicted molar refractivity (Wildman–Crippen MR) is 87.6 cm³/mol. The number of ketones is 1. The van der Waals surface area contributed by atoms with E-state index >= 15 is 0 Å². The maximum atomic E-state index is 12.3. The Hall–Kier alpha value is -2.80. The van der Waals surface area contributed by atoms with Gasteiger partial charge in [0.2, 0.25) is 12.1 Å². The number of aromatic nitrogens is 2. The molecule has 2 aromatic carbocycles. The molecule has 0 atom stereocenters. The average molecular weight is 402 g/mol.